The molecule has 0 aliphatic heterocycles. The monoisotopic (exact) mass is 433 g/mol. The van der Waals surface area contributed by atoms with Crippen LogP contribution in [0.3, 0.4) is 0 Å². The van der Waals surface area contributed by atoms with Gasteiger partial charge in [0.25, 0.3) is 0 Å². The van der Waals surface area contributed by atoms with Crippen LogP contribution < -0.4 is 0 Å². The van der Waals surface area contributed by atoms with Gasteiger partial charge in [0.05, 0.1) is 16.3 Å². The number of hydrogen-bond acceptors (Lipinski definition) is 5. The van der Waals surface area contributed by atoms with Crippen LogP contribution in [0.5, 0.6) is 0 Å². The summed E-state index contributed by atoms with van der Waals surface area (Å²) < 4.78 is 31.1. The van der Waals surface area contributed by atoms with Gasteiger partial charge in [-0.1, -0.05) is 30.7 Å². The SMILES string of the molecule is CCS(=O)(=O)c1ccc(CCc2nc(C(C)OC)nn2-c2ccc(Cl)cc2)cc1. The number of hydrogen-bond donors (Lipinski definition) is 0. The first-order valence-electron chi connectivity index (χ1n) is 9.40. The van der Waals surface area contributed by atoms with Crippen molar-refractivity contribution in [1.82, 2.24) is 14.8 Å². The van der Waals surface area contributed by atoms with Gasteiger partial charge in [0.1, 0.15) is 11.9 Å². The van der Waals surface area contributed by atoms with E-state index in [2.05, 4.69) is 10.1 Å². The molecule has 29 heavy (non-hydrogen) atoms. The molecule has 1 aromatic heterocycles. The number of ether oxygens (including phenoxy) is 1. The quantitative estimate of drug-likeness (QED) is 0.532. The van der Waals surface area contributed by atoms with Gasteiger partial charge in [-0.25, -0.2) is 18.1 Å². The Bertz CT molecular complexity index is 1060. The minimum atomic E-state index is -3.19. The maximum absolute atomic E-state index is 12.0. The summed E-state index contributed by atoms with van der Waals surface area (Å²) in [5.41, 5.74) is 1.91. The third kappa shape index (κ3) is 5.04. The molecule has 2 aromatic carbocycles. The maximum atomic E-state index is 12.0. The van der Waals surface area contributed by atoms with E-state index in [1.54, 1.807) is 30.8 Å². The van der Waals surface area contributed by atoms with Crippen molar-refractivity contribution in [2.75, 3.05) is 12.9 Å². The molecule has 0 saturated carbocycles. The average molecular weight is 434 g/mol. The largest absolute Gasteiger partial charge is 0.374 e. The van der Waals surface area contributed by atoms with Crippen molar-refractivity contribution < 1.29 is 13.2 Å². The zero-order valence-corrected chi connectivity index (χ0v) is 18.2. The summed E-state index contributed by atoms with van der Waals surface area (Å²) in [6.07, 6.45) is 1.13. The molecule has 0 bridgehead atoms. The first-order chi connectivity index (χ1) is 13.8. The van der Waals surface area contributed by atoms with E-state index in [9.17, 15) is 8.42 Å². The van der Waals surface area contributed by atoms with Crippen molar-refractivity contribution in [2.24, 2.45) is 0 Å². The highest BCUT2D eigenvalue weighted by molar-refractivity contribution is 7.91. The first-order valence-corrected chi connectivity index (χ1v) is 11.4. The number of aromatic nitrogens is 3. The topological polar surface area (TPSA) is 74.1 Å². The van der Waals surface area contributed by atoms with E-state index >= 15 is 0 Å². The summed E-state index contributed by atoms with van der Waals surface area (Å²) in [6, 6.07) is 14.4. The van der Waals surface area contributed by atoms with Crippen LogP contribution in [0.15, 0.2) is 53.4 Å². The summed E-state index contributed by atoms with van der Waals surface area (Å²) in [5, 5.41) is 5.26. The van der Waals surface area contributed by atoms with Crippen LogP contribution in [0, 0.1) is 0 Å². The molecule has 0 saturated heterocycles. The summed E-state index contributed by atoms with van der Waals surface area (Å²) >= 11 is 6.01. The van der Waals surface area contributed by atoms with E-state index in [1.165, 1.54) is 0 Å². The van der Waals surface area contributed by atoms with Crippen LogP contribution in [0.2, 0.25) is 5.02 Å². The predicted octanol–water partition coefficient (Wildman–Crippen LogP) is 4.21. The molecular formula is C21H24ClN3O3S. The van der Waals surface area contributed by atoms with Crippen molar-refractivity contribution >= 4 is 21.4 Å². The fraction of sp³-hybridized carbons (Fsp3) is 0.333. The molecule has 6 nitrogen and oxygen atoms in total. The Morgan fingerprint density at radius 1 is 1.07 bits per heavy atom. The third-order valence-corrected chi connectivity index (χ3v) is 6.78. The number of nitrogens with zero attached hydrogens (tertiary/aromatic N) is 3. The minimum absolute atomic E-state index is 0.0943. The molecule has 154 valence electrons. The van der Waals surface area contributed by atoms with Gasteiger partial charge < -0.3 is 4.74 Å². The zero-order chi connectivity index (χ0) is 21.0. The third-order valence-electron chi connectivity index (χ3n) is 4.78. The highest BCUT2D eigenvalue weighted by Crippen LogP contribution is 2.20. The summed E-state index contributed by atoms with van der Waals surface area (Å²) in [7, 11) is -1.56. The molecule has 0 spiro atoms. The van der Waals surface area contributed by atoms with Crippen molar-refractivity contribution in [3.8, 4) is 5.69 Å². The molecule has 8 heteroatoms. The van der Waals surface area contributed by atoms with E-state index in [0.717, 1.165) is 17.1 Å². The first kappa shape index (κ1) is 21.5. The van der Waals surface area contributed by atoms with Crippen molar-refractivity contribution in [2.45, 2.75) is 37.7 Å². The van der Waals surface area contributed by atoms with Gasteiger partial charge in [0.15, 0.2) is 15.7 Å². The molecule has 0 fully saturated rings. The maximum Gasteiger partial charge on any atom is 0.179 e. The van der Waals surface area contributed by atoms with Crippen LogP contribution >= 0.6 is 11.6 Å². The van der Waals surface area contributed by atoms with Crippen LogP contribution in [0.4, 0.5) is 0 Å². The second kappa shape index (κ2) is 9.07. The van der Waals surface area contributed by atoms with Gasteiger partial charge in [0.2, 0.25) is 0 Å². The second-order valence-electron chi connectivity index (χ2n) is 6.70. The molecule has 0 aliphatic rings. The Kier molecular flexibility index (Phi) is 6.72. The zero-order valence-electron chi connectivity index (χ0n) is 16.7. The Morgan fingerprint density at radius 2 is 1.72 bits per heavy atom. The van der Waals surface area contributed by atoms with E-state index in [4.69, 9.17) is 16.3 Å². The number of aryl methyl sites for hydroxylation is 2. The highest BCUT2D eigenvalue weighted by atomic mass is 35.5. The summed E-state index contributed by atoms with van der Waals surface area (Å²) in [5.74, 6) is 1.51. The molecule has 0 amide bonds. The highest BCUT2D eigenvalue weighted by Gasteiger charge is 2.17. The second-order valence-corrected chi connectivity index (χ2v) is 9.41. The van der Waals surface area contributed by atoms with E-state index in [-0.39, 0.29) is 11.9 Å². The average Bonchev–Trinajstić information content (AvgIpc) is 3.16. The Morgan fingerprint density at radius 3 is 2.31 bits per heavy atom. The Balaban J connectivity index is 1.84. The van der Waals surface area contributed by atoms with Gasteiger partial charge in [-0.15, -0.1) is 5.10 Å². The number of rotatable bonds is 8. The van der Waals surface area contributed by atoms with Gasteiger partial charge in [-0.2, -0.15) is 0 Å². The number of benzene rings is 2. The van der Waals surface area contributed by atoms with Crippen molar-refractivity contribution in [1.29, 1.82) is 0 Å². The van der Waals surface area contributed by atoms with Gasteiger partial charge in [-0.3, -0.25) is 0 Å². The standard InChI is InChI=1S/C21H24ClN3O3S/c1-4-29(26,27)19-12-5-16(6-13-19)7-14-20-23-21(15(2)28-3)24-25(20)18-10-8-17(22)9-11-18/h5-6,8-13,15H,4,7,14H2,1-3H3. The van der Waals surface area contributed by atoms with Crippen molar-refractivity contribution in [3.05, 3.63) is 70.8 Å². The molecule has 0 N–H and O–H groups in total. The summed E-state index contributed by atoms with van der Waals surface area (Å²) in [6.45, 7) is 3.55. The molecule has 3 rings (SSSR count). The normalized spacial score (nSPS) is 12.8. The number of methoxy groups -OCH3 is 1. The summed E-state index contributed by atoms with van der Waals surface area (Å²) in [4.78, 5) is 5.01. The van der Waals surface area contributed by atoms with E-state index < -0.39 is 9.84 Å². The van der Waals surface area contributed by atoms with Crippen LogP contribution in [-0.2, 0) is 27.4 Å². The molecule has 0 radical (unpaired) electrons. The fourth-order valence-electron chi connectivity index (χ4n) is 2.88. The molecule has 1 heterocycles. The number of halogens is 1. The minimum Gasteiger partial charge on any atom is -0.374 e. The number of sulfone groups is 1. The van der Waals surface area contributed by atoms with Crippen LogP contribution in [-0.4, -0.2) is 36.0 Å². The molecule has 3 aromatic rings. The smallest absolute Gasteiger partial charge is 0.179 e. The lowest BCUT2D eigenvalue weighted by atomic mass is 10.1. The van der Waals surface area contributed by atoms with E-state index in [0.29, 0.717) is 28.6 Å². The Hall–Kier alpha value is -2.22. The van der Waals surface area contributed by atoms with Crippen molar-refractivity contribution in [3.63, 3.8) is 0 Å². The van der Waals surface area contributed by atoms with Gasteiger partial charge in [0, 0.05) is 18.6 Å². The fourth-order valence-corrected chi connectivity index (χ4v) is 3.89. The molecule has 1 unspecified atom stereocenters. The predicted molar refractivity (Wildman–Crippen MR) is 113 cm³/mol. The van der Waals surface area contributed by atoms with E-state index in [1.807, 2.05) is 43.3 Å². The molecular weight excluding hydrogens is 410 g/mol. The Labute approximate surface area is 176 Å². The van der Waals surface area contributed by atoms with Gasteiger partial charge >= 0.3 is 0 Å². The molecule has 0 aliphatic carbocycles. The van der Waals surface area contributed by atoms with Crippen LogP contribution in [0.1, 0.15) is 37.2 Å². The van der Waals surface area contributed by atoms with Crippen LogP contribution in [0.25, 0.3) is 5.69 Å². The van der Waals surface area contributed by atoms with Gasteiger partial charge in [-0.05, 0) is 55.3 Å². The lowest BCUT2D eigenvalue weighted by Gasteiger charge is -2.07. The lowest BCUT2D eigenvalue weighted by molar-refractivity contribution is 0.112. The lowest BCUT2D eigenvalue weighted by Crippen LogP contribution is -2.06. The molecule has 1 atom stereocenters.